The molecule has 1 saturated carbocycles. The second-order valence-electron chi connectivity index (χ2n) is 5.34. The predicted molar refractivity (Wildman–Crippen MR) is 88.1 cm³/mol. The molecule has 110 valence electrons. The first-order valence-corrected chi connectivity index (χ1v) is 8.57. The van der Waals surface area contributed by atoms with Gasteiger partial charge in [-0.2, -0.15) is 0 Å². The van der Waals surface area contributed by atoms with Gasteiger partial charge in [0.05, 0.1) is 6.54 Å². The Kier molecular flexibility index (Phi) is 4.31. The van der Waals surface area contributed by atoms with Crippen LogP contribution < -0.4 is 5.32 Å². The van der Waals surface area contributed by atoms with Crippen molar-refractivity contribution in [3.05, 3.63) is 50.5 Å². The number of carbonyl (C=O) groups is 1. The van der Waals surface area contributed by atoms with Gasteiger partial charge < -0.3 is 9.73 Å². The zero-order valence-corrected chi connectivity index (χ0v) is 14.0. The first-order chi connectivity index (χ1) is 10.1. The predicted octanol–water partition coefficient (Wildman–Crippen LogP) is 4.56. The highest BCUT2D eigenvalue weighted by atomic mass is 79.9. The molecule has 0 radical (unpaired) electrons. The quantitative estimate of drug-likeness (QED) is 0.789. The number of amides is 1. The summed E-state index contributed by atoms with van der Waals surface area (Å²) in [4.78, 5) is 12.9. The fourth-order valence-electron chi connectivity index (χ4n) is 2.21. The first-order valence-electron chi connectivity index (χ1n) is 6.90. The number of thiophene rings is 1. The number of hydrogen-bond donors (Lipinski definition) is 1. The molecule has 0 saturated heterocycles. The molecule has 3 rings (SSSR count). The average Bonchev–Trinajstić information content (AvgIpc) is 2.89. The zero-order valence-electron chi connectivity index (χ0n) is 11.6. The Balaban J connectivity index is 1.50. The van der Waals surface area contributed by atoms with Crippen molar-refractivity contribution in [1.82, 2.24) is 5.32 Å². The normalized spacial score (nSPS) is 20.9. The Hall–Kier alpha value is -1.33. The van der Waals surface area contributed by atoms with E-state index in [0.717, 1.165) is 26.8 Å². The van der Waals surface area contributed by atoms with Crippen LogP contribution >= 0.6 is 27.3 Å². The molecular formula is C16H16BrNO2S. The van der Waals surface area contributed by atoms with Crippen molar-refractivity contribution in [3.63, 3.8) is 0 Å². The highest BCUT2D eigenvalue weighted by Crippen LogP contribution is 2.47. The van der Waals surface area contributed by atoms with Crippen LogP contribution in [0.2, 0.25) is 0 Å². The molecule has 2 unspecified atom stereocenters. The van der Waals surface area contributed by atoms with Crippen LogP contribution in [0.3, 0.4) is 0 Å². The van der Waals surface area contributed by atoms with Crippen molar-refractivity contribution in [2.24, 2.45) is 5.92 Å². The summed E-state index contributed by atoms with van der Waals surface area (Å²) in [5, 5.41) is 4.85. The fourth-order valence-corrected chi connectivity index (χ4v) is 3.60. The topological polar surface area (TPSA) is 42.2 Å². The minimum Gasteiger partial charge on any atom is -0.461 e. The van der Waals surface area contributed by atoms with Gasteiger partial charge in [0.15, 0.2) is 0 Å². The maximum Gasteiger partial charge on any atom is 0.244 e. The van der Waals surface area contributed by atoms with Crippen molar-refractivity contribution >= 4 is 39.2 Å². The molecule has 1 aliphatic rings. The van der Waals surface area contributed by atoms with Crippen LogP contribution in [0.1, 0.15) is 35.7 Å². The number of rotatable bonds is 5. The molecule has 21 heavy (non-hydrogen) atoms. The SMILES string of the molecule is CC1CC1c1ccc(C=CC(=O)NCc2cc(Br)cs2)o1. The summed E-state index contributed by atoms with van der Waals surface area (Å²) in [6.45, 7) is 2.77. The zero-order chi connectivity index (χ0) is 14.8. The summed E-state index contributed by atoms with van der Waals surface area (Å²) in [5.74, 6) is 2.95. The Morgan fingerprint density at radius 3 is 3.05 bits per heavy atom. The van der Waals surface area contributed by atoms with Crippen molar-refractivity contribution < 1.29 is 9.21 Å². The molecule has 3 nitrogen and oxygen atoms in total. The number of halogens is 1. The van der Waals surface area contributed by atoms with E-state index < -0.39 is 0 Å². The molecule has 5 heteroatoms. The molecule has 1 aliphatic carbocycles. The molecule has 1 N–H and O–H groups in total. The number of furan rings is 1. The molecule has 1 fully saturated rings. The lowest BCUT2D eigenvalue weighted by molar-refractivity contribution is -0.116. The monoisotopic (exact) mass is 365 g/mol. The maximum atomic E-state index is 11.8. The van der Waals surface area contributed by atoms with E-state index in [1.807, 2.05) is 23.6 Å². The molecule has 0 aliphatic heterocycles. The van der Waals surface area contributed by atoms with Crippen LogP contribution in [0.5, 0.6) is 0 Å². The largest absolute Gasteiger partial charge is 0.461 e. The Labute approximate surface area is 136 Å². The minimum absolute atomic E-state index is 0.114. The maximum absolute atomic E-state index is 11.8. The molecule has 2 aromatic rings. The van der Waals surface area contributed by atoms with E-state index in [1.165, 1.54) is 12.5 Å². The van der Waals surface area contributed by atoms with Crippen LogP contribution in [0.15, 0.2) is 38.5 Å². The van der Waals surface area contributed by atoms with Crippen LogP contribution in [-0.4, -0.2) is 5.91 Å². The van der Waals surface area contributed by atoms with E-state index in [4.69, 9.17) is 4.42 Å². The highest BCUT2D eigenvalue weighted by Gasteiger charge is 2.36. The van der Waals surface area contributed by atoms with Gasteiger partial charge in [-0.05, 0) is 52.5 Å². The molecule has 2 atom stereocenters. The Bertz CT molecular complexity index is 673. The third-order valence-corrected chi connectivity index (χ3v) is 5.28. The Morgan fingerprint density at radius 1 is 1.57 bits per heavy atom. The van der Waals surface area contributed by atoms with Crippen molar-refractivity contribution in [3.8, 4) is 0 Å². The highest BCUT2D eigenvalue weighted by molar-refractivity contribution is 9.10. The molecule has 1 amide bonds. The van der Waals surface area contributed by atoms with E-state index >= 15 is 0 Å². The van der Waals surface area contributed by atoms with Gasteiger partial charge in [-0.25, -0.2) is 0 Å². The number of hydrogen-bond acceptors (Lipinski definition) is 3. The lowest BCUT2D eigenvalue weighted by atomic mass is 10.3. The standard InChI is InChI=1S/C16H16BrNO2S/c1-10-6-14(10)15-4-2-12(20-15)3-5-16(19)18-8-13-7-11(17)9-21-13/h2-5,7,9-10,14H,6,8H2,1H3,(H,18,19). The molecule has 0 spiro atoms. The van der Waals surface area contributed by atoms with Gasteiger partial charge in [0.1, 0.15) is 11.5 Å². The van der Waals surface area contributed by atoms with E-state index in [2.05, 4.69) is 28.2 Å². The van der Waals surface area contributed by atoms with Gasteiger partial charge in [-0.3, -0.25) is 4.79 Å². The van der Waals surface area contributed by atoms with Crippen LogP contribution in [-0.2, 0) is 11.3 Å². The molecular weight excluding hydrogens is 350 g/mol. The minimum atomic E-state index is -0.114. The summed E-state index contributed by atoms with van der Waals surface area (Å²) < 4.78 is 6.77. The summed E-state index contributed by atoms with van der Waals surface area (Å²) >= 11 is 5.01. The van der Waals surface area contributed by atoms with E-state index in [9.17, 15) is 4.79 Å². The average molecular weight is 366 g/mol. The third-order valence-electron chi connectivity index (χ3n) is 3.58. The van der Waals surface area contributed by atoms with Gasteiger partial charge in [-0.1, -0.05) is 6.92 Å². The molecule has 2 aromatic heterocycles. The molecule has 0 bridgehead atoms. The van der Waals surface area contributed by atoms with E-state index in [-0.39, 0.29) is 5.91 Å². The van der Waals surface area contributed by atoms with Gasteiger partial charge in [-0.15, -0.1) is 11.3 Å². The fraction of sp³-hybridized carbons (Fsp3) is 0.312. The second-order valence-corrected chi connectivity index (χ2v) is 7.25. The Morgan fingerprint density at radius 2 is 2.38 bits per heavy atom. The first kappa shape index (κ1) is 14.6. The second kappa shape index (κ2) is 6.20. The van der Waals surface area contributed by atoms with Crippen LogP contribution in [0.4, 0.5) is 0 Å². The van der Waals surface area contributed by atoms with E-state index in [1.54, 1.807) is 17.4 Å². The summed E-state index contributed by atoms with van der Waals surface area (Å²) in [6, 6.07) is 5.93. The summed E-state index contributed by atoms with van der Waals surface area (Å²) in [5.41, 5.74) is 0. The van der Waals surface area contributed by atoms with Gasteiger partial charge in [0.25, 0.3) is 0 Å². The van der Waals surface area contributed by atoms with Crippen molar-refractivity contribution in [1.29, 1.82) is 0 Å². The number of carbonyl (C=O) groups excluding carboxylic acids is 1. The van der Waals surface area contributed by atoms with Gasteiger partial charge in [0, 0.05) is 26.7 Å². The molecule has 0 aromatic carbocycles. The van der Waals surface area contributed by atoms with Gasteiger partial charge >= 0.3 is 0 Å². The van der Waals surface area contributed by atoms with E-state index in [0.29, 0.717) is 12.5 Å². The summed E-state index contributed by atoms with van der Waals surface area (Å²) in [7, 11) is 0. The summed E-state index contributed by atoms with van der Waals surface area (Å²) in [6.07, 6.45) is 4.44. The lowest BCUT2D eigenvalue weighted by Crippen LogP contribution is -2.19. The third kappa shape index (κ3) is 3.86. The molecule has 2 heterocycles. The number of nitrogens with one attached hydrogen (secondary N) is 1. The van der Waals surface area contributed by atoms with Crippen LogP contribution in [0.25, 0.3) is 6.08 Å². The van der Waals surface area contributed by atoms with Crippen molar-refractivity contribution in [2.75, 3.05) is 0 Å². The lowest BCUT2D eigenvalue weighted by Gasteiger charge is -1.98. The van der Waals surface area contributed by atoms with Crippen molar-refractivity contribution in [2.45, 2.75) is 25.8 Å². The smallest absolute Gasteiger partial charge is 0.244 e. The van der Waals surface area contributed by atoms with Gasteiger partial charge in [0.2, 0.25) is 5.91 Å². The van der Waals surface area contributed by atoms with Crippen LogP contribution in [0, 0.1) is 5.92 Å².